The van der Waals surface area contributed by atoms with Crippen LogP contribution >= 0.6 is 0 Å². The molecular formula is C30H34F3N3O3. The number of nitrogens with one attached hydrogen (secondary N) is 1. The number of amides is 1. The van der Waals surface area contributed by atoms with E-state index in [2.05, 4.69) is 17.4 Å². The minimum absolute atomic E-state index is 0.0883. The maximum atomic E-state index is 14.2. The molecule has 0 saturated carbocycles. The van der Waals surface area contributed by atoms with E-state index in [0.717, 1.165) is 37.4 Å². The molecule has 0 bridgehead atoms. The van der Waals surface area contributed by atoms with Gasteiger partial charge in [0.15, 0.2) is 0 Å². The lowest BCUT2D eigenvalue weighted by molar-refractivity contribution is -0.137. The lowest BCUT2D eigenvalue weighted by atomic mass is 10.0. The standard InChI is InChI=1S/C30H34F3N3O3/c1-20(2)36-23(12-8-11-21-9-4-3-5-10-21)13-14-26(36)29(39)34-25-17-22(18-28(37)38)27(35-15-6-7-16-35)19-24(25)30(31,32)33/h3-5,9-10,13-14,17,19-20H,6-8,11-12,15-16,18H2,1-2H3,(H,34,39)(H,37,38). The van der Waals surface area contributed by atoms with Gasteiger partial charge in [-0.05, 0) is 81.3 Å². The number of halogens is 3. The van der Waals surface area contributed by atoms with Gasteiger partial charge in [0.1, 0.15) is 5.69 Å². The summed E-state index contributed by atoms with van der Waals surface area (Å²) in [7, 11) is 0. The van der Waals surface area contributed by atoms with Crippen LogP contribution in [-0.2, 0) is 30.2 Å². The number of carboxylic acid groups (broad SMARTS) is 1. The SMILES string of the molecule is CC(C)n1c(CCCc2ccccc2)ccc1C(=O)Nc1cc(CC(=O)O)c(N2CCCC2)cc1C(F)(F)F. The molecule has 0 aliphatic carbocycles. The van der Waals surface area contributed by atoms with Crippen LogP contribution in [0.3, 0.4) is 0 Å². The van der Waals surface area contributed by atoms with Crippen molar-refractivity contribution in [3.63, 3.8) is 0 Å². The van der Waals surface area contributed by atoms with Crippen LogP contribution in [0.1, 0.15) is 72.0 Å². The Morgan fingerprint density at radius 2 is 1.69 bits per heavy atom. The van der Waals surface area contributed by atoms with Gasteiger partial charge in [-0.3, -0.25) is 9.59 Å². The molecule has 1 aliphatic heterocycles. The van der Waals surface area contributed by atoms with Crippen molar-refractivity contribution in [3.05, 3.63) is 82.7 Å². The summed E-state index contributed by atoms with van der Waals surface area (Å²) in [5, 5.41) is 11.9. The molecule has 4 rings (SSSR count). The number of anilines is 2. The first-order chi connectivity index (χ1) is 18.5. The molecule has 1 amide bonds. The van der Waals surface area contributed by atoms with Gasteiger partial charge in [-0.15, -0.1) is 0 Å². The van der Waals surface area contributed by atoms with Crippen LogP contribution in [0.5, 0.6) is 0 Å². The molecule has 1 aromatic heterocycles. The third-order valence-electron chi connectivity index (χ3n) is 7.05. The van der Waals surface area contributed by atoms with Crippen LogP contribution in [0, 0.1) is 0 Å². The van der Waals surface area contributed by atoms with Gasteiger partial charge in [-0.1, -0.05) is 30.3 Å². The molecule has 0 radical (unpaired) electrons. The summed E-state index contributed by atoms with van der Waals surface area (Å²) in [6.07, 6.45) is -1.09. The molecule has 2 heterocycles. The minimum Gasteiger partial charge on any atom is -0.481 e. The lowest BCUT2D eigenvalue weighted by Crippen LogP contribution is -2.24. The molecule has 1 aliphatic rings. The number of carboxylic acids is 1. The molecule has 2 N–H and O–H groups in total. The molecule has 39 heavy (non-hydrogen) atoms. The number of benzene rings is 2. The molecule has 2 aromatic carbocycles. The number of rotatable bonds is 10. The van der Waals surface area contributed by atoms with Crippen LogP contribution in [-0.4, -0.2) is 34.6 Å². The quantitative estimate of drug-likeness (QED) is 0.298. The van der Waals surface area contributed by atoms with Crippen molar-refractivity contribution in [2.75, 3.05) is 23.3 Å². The Hall–Kier alpha value is -3.75. The highest BCUT2D eigenvalue weighted by Gasteiger charge is 2.36. The van der Waals surface area contributed by atoms with Gasteiger partial charge in [-0.25, -0.2) is 0 Å². The molecule has 1 saturated heterocycles. The van der Waals surface area contributed by atoms with E-state index in [1.54, 1.807) is 11.0 Å². The van der Waals surface area contributed by atoms with E-state index >= 15 is 0 Å². The smallest absolute Gasteiger partial charge is 0.418 e. The summed E-state index contributed by atoms with van der Waals surface area (Å²) in [4.78, 5) is 26.7. The van der Waals surface area contributed by atoms with Gasteiger partial charge in [0.2, 0.25) is 0 Å². The molecule has 0 spiro atoms. The van der Waals surface area contributed by atoms with Crippen molar-refractivity contribution < 1.29 is 27.9 Å². The molecule has 208 valence electrons. The van der Waals surface area contributed by atoms with E-state index in [9.17, 15) is 27.9 Å². The van der Waals surface area contributed by atoms with E-state index in [4.69, 9.17) is 0 Å². The van der Waals surface area contributed by atoms with Crippen molar-refractivity contribution in [2.24, 2.45) is 0 Å². The second-order valence-corrected chi connectivity index (χ2v) is 10.3. The maximum absolute atomic E-state index is 14.2. The molecule has 0 atom stereocenters. The maximum Gasteiger partial charge on any atom is 0.418 e. The molecule has 6 nitrogen and oxygen atoms in total. The van der Waals surface area contributed by atoms with E-state index in [0.29, 0.717) is 19.5 Å². The normalized spacial score (nSPS) is 13.7. The zero-order chi connectivity index (χ0) is 28.2. The van der Waals surface area contributed by atoms with Crippen LogP contribution < -0.4 is 10.2 Å². The highest BCUT2D eigenvalue weighted by molar-refractivity contribution is 6.04. The largest absolute Gasteiger partial charge is 0.481 e. The number of hydrogen-bond acceptors (Lipinski definition) is 3. The van der Waals surface area contributed by atoms with Crippen molar-refractivity contribution in [2.45, 2.75) is 64.6 Å². The second-order valence-electron chi connectivity index (χ2n) is 10.3. The Kier molecular flexibility index (Phi) is 8.67. The number of aromatic nitrogens is 1. The fourth-order valence-corrected chi connectivity index (χ4v) is 5.32. The highest BCUT2D eigenvalue weighted by atomic mass is 19.4. The summed E-state index contributed by atoms with van der Waals surface area (Å²) in [5.74, 6) is -1.82. The summed E-state index contributed by atoms with van der Waals surface area (Å²) in [5.41, 5.74) is 1.48. The van der Waals surface area contributed by atoms with Crippen LogP contribution in [0.25, 0.3) is 0 Å². The van der Waals surface area contributed by atoms with Crippen molar-refractivity contribution >= 4 is 23.3 Å². The number of aryl methyl sites for hydroxylation is 2. The molecule has 3 aromatic rings. The van der Waals surface area contributed by atoms with Gasteiger partial charge in [-0.2, -0.15) is 13.2 Å². The van der Waals surface area contributed by atoms with Crippen molar-refractivity contribution in [1.82, 2.24) is 4.57 Å². The average Bonchev–Trinajstić information content (AvgIpc) is 3.54. The number of carbonyl (C=O) groups excluding carboxylic acids is 1. The van der Waals surface area contributed by atoms with Crippen molar-refractivity contribution in [3.8, 4) is 0 Å². The Morgan fingerprint density at radius 3 is 2.31 bits per heavy atom. The summed E-state index contributed by atoms with van der Waals surface area (Å²) in [6.45, 7) is 4.97. The second kappa shape index (κ2) is 12.0. The molecule has 0 unspecified atom stereocenters. The number of hydrogen-bond donors (Lipinski definition) is 2. The number of aliphatic carboxylic acids is 1. The fraction of sp³-hybridized carbons (Fsp3) is 0.400. The van der Waals surface area contributed by atoms with Gasteiger partial charge >= 0.3 is 12.1 Å². The first-order valence-electron chi connectivity index (χ1n) is 13.3. The average molecular weight is 542 g/mol. The zero-order valence-corrected chi connectivity index (χ0v) is 22.2. The van der Waals surface area contributed by atoms with Crippen LogP contribution in [0.4, 0.5) is 24.5 Å². The summed E-state index contributed by atoms with van der Waals surface area (Å²) in [6, 6.07) is 15.6. The molecule has 9 heteroatoms. The van der Waals surface area contributed by atoms with Gasteiger partial charge in [0.05, 0.1) is 17.7 Å². The molecular weight excluding hydrogens is 507 g/mol. The Labute approximate surface area is 226 Å². The van der Waals surface area contributed by atoms with E-state index in [-0.39, 0.29) is 23.0 Å². The first-order valence-corrected chi connectivity index (χ1v) is 13.3. The first kappa shape index (κ1) is 28.3. The van der Waals surface area contributed by atoms with Crippen LogP contribution in [0.2, 0.25) is 0 Å². The topological polar surface area (TPSA) is 74.6 Å². The zero-order valence-electron chi connectivity index (χ0n) is 22.2. The van der Waals surface area contributed by atoms with Gasteiger partial charge in [0, 0.05) is 30.5 Å². The predicted octanol–water partition coefficient (Wildman–Crippen LogP) is 6.74. The van der Waals surface area contributed by atoms with Gasteiger partial charge in [0.25, 0.3) is 5.91 Å². The number of carbonyl (C=O) groups is 2. The summed E-state index contributed by atoms with van der Waals surface area (Å²) < 4.78 is 44.3. The summed E-state index contributed by atoms with van der Waals surface area (Å²) >= 11 is 0. The molecule has 1 fully saturated rings. The Balaban J connectivity index is 1.63. The third kappa shape index (κ3) is 6.82. The minimum atomic E-state index is -4.73. The van der Waals surface area contributed by atoms with Gasteiger partial charge < -0.3 is 19.9 Å². The fourth-order valence-electron chi connectivity index (χ4n) is 5.32. The Bertz CT molecular complexity index is 1310. The third-order valence-corrected chi connectivity index (χ3v) is 7.05. The van der Waals surface area contributed by atoms with E-state index in [1.165, 1.54) is 11.6 Å². The lowest BCUT2D eigenvalue weighted by Gasteiger charge is -2.25. The number of alkyl halides is 3. The highest BCUT2D eigenvalue weighted by Crippen LogP contribution is 2.40. The monoisotopic (exact) mass is 541 g/mol. The van der Waals surface area contributed by atoms with Crippen molar-refractivity contribution in [1.29, 1.82) is 0 Å². The van der Waals surface area contributed by atoms with Crippen LogP contribution in [0.15, 0.2) is 54.6 Å². The predicted molar refractivity (Wildman–Crippen MR) is 145 cm³/mol. The van der Waals surface area contributed by atoms with E-state index < -0.39 is 35.7 Å². The number of nitrogens with zero attached hydrogens (tertiary/aromatic N) is 2. The van der Waals surface area contributed by atoms with E-state index in [1.807, 2.05) is 42.7 Å². The Morgan fingerprint density at radius 1 is 1.00 bits per heavy atom.